The lowest BCUT2D eigenvalue weighted by Crippen LogP contribution is -2.53. The van der Waals surface area contributed by atoms with E-state index in [1.54, 1.807) is 30.3 Å². The van der Waals surface area contributed by atoms with Gasteiger partial charge in [-0.1, -0.05) is 13.0 Å². The highest BCUT2D eigenvalue weighted by atomic mass is 79.9. The maximum absolute atomic E-state index is 13.2. The second-order valence-corrected chi connectivity index (χ2v) is 8.36. The van der Waals surface area contributed by atoms with Gasteiger partial charge in [0.25, 0.3) is 11.8 Å². The van der Waals surface area contributed by atoms with Crippen LogP contribution in [0.3, 0.4) is 0 Å². The van der Waals surface area contributed by atoms with Gasteiger partial charge in [-0.05, 0) is 70.7 Å². The third kappa shape index (κ3) is 5.94. The number of methoxy groups -OCH3 is 2. The van der Waals surface area contributed by atoms with Crippen molar-refractivity contribution in [1.82, 2.24) is 10.2 Å². The average Bonchev–Trinajstić information content (AvgIpc) is 2.83. The molecule has 0 unspecified atom stereocenters. The first-order valence-electron chi connectivity index (χ1n) is 11.0. The van der Waals surface area contributed by atoms with Gasteiger partial charge in [0.1, 0.15) is 5.57 Å². The smallest absolute Gasteiger partial charge is 0.331 e. The van der Waals surface area contributed by atoms with Gasteiger partial charge in [0.15, 0.2) is 23.0 Å². The van der Waals surface area contributed by atoms with Gasteiger partial charge in [-0.15, -0.1) is 0 Å². The van der Waals surface area contributed by atoms with Crippen molar-refractivity contribution in [1.29, 1.82) is 0 Å². The molecule has 0 saturated carbocycles. The number of nitrogens with zero attached hydrogens (tertiary/aromatic N) is 1. The number of rotatable bonds is 10. The molecule has 1 heterocycles. The molecule has 2 aromatic rings. The molecule has 9 nitrogen and oxygen atoms in total. The zero-order valence-corrected chi connectivity index (χ0v) is 21.6. The monoisotopic (exact) mass is 546 g/mol. The number of imide groups is 2. The van der Waals surface area contributed by atoms with Gasteiger partial charge >= 0.3 is 6.03 Å². The zero-order valence-electron chi connectivity index (χ0n) is 20.0. The van der Waals surface area contributed by atoms with E-state index in [-0.39, 0.29) is 12.1 Å². The Bertz CT molecular complexity index is 1160. The minimum atomic E-state index is -0.798. The maximum Gasteiger partial charge on any atom is 0.331 e. The maximum atomic E-state index is 13.2. The molecule has 10 heteroatoms. The van der Waals surface area contributed by atoms with E-state index in [1.165, 1.54) is 20.3 Å². The van der Waals surface area contributed by atoms with Gasteiger partial charge in [-0.3, -0.25) is 19.8 Å². The standard InChI is InChI=1S/C25H27BrN2O7/c1-5-9-35-19-8-7-15(12-20(19)32-3)14-28-24(30)17(23(29)27-25(28)31)10-16-11-18(26)22(33-4)21(13-16)34-6-2/h7-8,10-13H,5-6,9,14H2,1-4H3,(H,27,29,31)/b17-10+. The minimum absolute atomic E-state index is 0.0593. The van der Waals surface area contributed by atoms with Crippen molar-refractivity contribution in [3.8, 4) is 23.0 Å². The Kier molecular flexibility index (Phi) is 8.75. The van der Waals surface area contributed by atoms with Crippen molar-refractivity contribution in [3.05, 3.63) is 51.5 Å². The van der Waals surface area contributed by atoms with Crippen LogP contribution in [0.15, 0.2) is 40.4 Å². The summed E-state index contributed by atoms with van der Waals surface area (Å²) in [6.07, 6.45) is 2.25. The Morgan fingerprint density at radius 2 is 1.74 bits per heavy atom. The van der Waals surface area contributed by atoms with Crippen molar-refractivity contribution in [2.45, 2.75) is 26.8 Å². The first-order valence-corrected chi connectivity index (χ1v) is 11.8. The summed E-state index contributed by atoms with van der Waals surface area (Å²) in [6, 6.07) is 7.70. The summed E-state index contributed by atoms with van der Waals surface area (Å²) >= 11 is 3.42. The molecule has 1 saturated heterocycles. The number of benzene rings is 2. The summed E-state index contributed by atoms with van der Waals surface area (Å²) in [5.41, 5.74) is 0.973. The van der Waals surface area contributed by atoms with Crippen LogP contribution in [0, 0.1) is 0 Å². The summed E-state index contributed by atoms with van der Waals surface area (Å²) in [7, 11) is 3.03. The van der Waals surface area contributed by atoms with Gasteiger partial charge in [0.2, 0.25) is 0 Å². The van der Waals surface area contributed by atoms with Crippen LogP contribution in [0.1, 0.15) is 31.4 Å². The van der Waals surface area contributed by atoms with Crippen LogP contribution in [0.5, 0.6) is 23.0 Å². The Hall–Kier alpha value is -3.53. The van der Waals surface area contributed by atoms with Crippen molar-refractivity contribution in [2.24, 2.45) is 0 Å². The molecular formula is C25H27BrN2O7. The van der Waals surface area contributed by atoms with Crippen molar-refractivity contribution in [2.75, 3.05) is 27.4 Å². The number of halogens is 1. The largest absolute Gasteiger partial charge is 0.493 e. The first-order chi connectivity index (χ1) is 16.8. The summed E-state index contributed by atoms with van der Waals surface area (Å²) in [6.45, 7) is 4.70. The van der Waals surface area contributed by atoms with Gasteiger partial charge < -0.3 is 18.9 Å². The van der Waals surface area contributed by atoms with E-state index in [0.717, 1.165) is 11.3 Å². The van der Waals surface area contributed by atoms with Crippen molar-refractivity contribution in [3.63, 3.8) is 0 Å². The number of hydrogen-bond acceptors (Lipinski definition) is 7. The van der Waals surface area contributed by atoms with Crippen LogP contribution in [-0.4, -0.2) is 50.2 Å². The second kappa shape index (κ2) is 11.7. The fraction of sp³-hybridized carbons (Fsp3) is 0.320. The highest BCUT2D eigenvalue weighted by Crippen LogP contribution is 2.37. The SMILES string of the molecule is CCCOc1ccc(CN2C(=O)NC(=O)/C(=C\c3cc(Br)c(OC)c(OCC)c3)C2=O)cc1OC. The molecule has 35 heavy (non-hydrogen) atoms. The van der Waals surface area contributed by atoms with E-state index in [1.807, 2.05) is 13.8 Å². The van der Waals surface area contributed by atoms with E-state index in [2.05, 4.69) is 21.2 Å². The molecule has 0 aliphatic carbocycles. The van der Waals surface area contributed by atoms with Crippen LogP contribution in [0.25, 0.3) is 6.08 Å². The molecule has 1 aliphatic heterocycles. The van der Waals surface area contributed by atoms with Gasteiger partial charge in [-0.25, -0.2) is 4.79 Å². The van der Waals surface area contributed by atoms with Crippen LogP contribution < -0.4 is 24.3 Å². The van der Waals surface area contributed by atoms with E-state index in [4.69, 9.17) is 18.9 Å². The number of urea groups is 1. The molecule has 0 aromatic heterocycles. The summed E-state index contributed by atoms with van der Waals surface area (Å²) in [5, 5.41) is 2.23. The Morgan fingerprint density at radius 3 is 2.40 bits per heavy atom. The van der Waals surface area contributed by atoms with Crippen LogP contribution in [0.4, 0.5) is 4.79 Å². The molecule has 3 rings (SSSR count). The topological polar surface area (TPSA) is 103 Å². The zero-order chi connectivity index (χ0) is 25.5. The molecule has 0 atom stereocenters. The normalized spacial score (nSPS) is 14.7. The Labute approximate surface area is 212 Å². The molecule has 0 bridgehead atoms. The van der Waals surface area contributed by atoms with Crippen LogP contribution in [-0.2, 0) is 16.1 Å². The van der Waals surface area contributed by atoms with E-state index in [0.29, 0.717) is 51.8 Å². The highest BCUT2D eigenvalue weighted by molar-refractivity contribution is 9.10. The number of nitrogens with one attached hydrogen (secondary N) is 1. The second-order valence-electron chi connectivity index (χ2n) is 7.51. The van der Waals surface area contributed by atoms with Crippen molar-refractivity contribution >= 4 is 39.9 Å². The molecule has 0 spiro atoms. The number of barbiturate groups is 1. The fourth-order valence-electron chi connectivity index (χ4n) is 3.46. The van der Waals surface area contributed by atoms with E-state index < -0.39 is 17.8 Å². The fourth-order valence-corrected chi connectivity index (χ4v) is 4.08. The summed E-state index contributed by atoms with van der Waals surface area (Å²) < 4.78 is 22.6. The lowest BCUT2D eigenvalue weighted by atomic mass is 10.1. The Morgan fingerprint density at radius 1 is 0.971 bits per heavy atom. The van der Waals surface area contributed by atoms with E-state index >= 15 is 0 Å². The van der Waals surface area contributed by atoms with Crippen LogP contribution in [0.2, 0.25) is 0 Å². The molecular weight excluding hydrogens is 520 g/mol. The molecule has 0 radical (unpaired) electrons. The molecule has 1 N–H and O–H groups in total. The quantitative estimate of drug-likeness (QED) is 0.349. The minimum Gasteiger partial charge on any atom is -0.493 e. The highest BCUT2D eigenvalue weighted by Gasteiger charge is 2.36. The molecule has 4 amide bonds. The van der Waals surface area contributed by atoms with Gasteiger partial charge in [0.05, 0.1) is 38.5 Å². The predicted molar refractivity (Wildman–Crippen MR) is 133 cm³/mol. The number of ether oxygens (including phenoxy) is 4. The van der Waals surface area contributed by atoms with Gasteiger partial charge in [-0.2, -0.15) is 0 Å². The van der Waals surface area contributed by atoms with Gasteiger partial charge in [0, 0.05) is 0 Å². The van der Waals surface area contributed by atoms with E-state index in [9.17, 15) is 14.4 Å². The number of carbonyl (C=O) groups excluding carboxylic acids is 3. The first kappa shape index (κ1) is 26.1. The molecule has 2 aromatic carbocycles. The summed E-state index contributed by atoms with van der Waals surface area (Å²) in [5.74, 6) is 0.504. The number of carbonyl (C=O) groups is 3. The molecule has 1 aliphatic rings. The third-order valence-corrected chi connectivity index (χ3v) is 5.65. The Balaban J connectivity index is 1.91. The third-order valence-electron chi connectivity index (χ3n) is 5.06. The average molecular weight is 547 g/mol. The molecule has 1 fully saturated rings. The molecule has 186 valence electrons. The lowest BCUT2D eigenvalue weighted by Gasteiger charge is -2.26. The number of hydrogen-bond donors (Lipinski definition) is 1. The summed E-state index contributed by atoms with van der Waals surface area (Å²) in [4.78, 5) is 39.2. The number of amides is 4. The van der Waals surface area contributed by atoms with Crippen molar-refractivity contribution < 1.29 is 33.3 Å². The predicted octanol–water partition coefficient (Wildman–Crippen LogP) is 4.32. The lowest BCUT2D eigenvalue weighted by molar-refractivity contribution is -0.130. The van der Waals surface area contributed by atoms with Crippen LogP contribution >= 0.6 is 15.9 Å².